The summed E-state index contributed by atoms with van der Waals surface area (Å²) in [6, 6.07) is 8.72. The lowest BCUT2D eigenvalue weighted by Crippen LogP contribution is -2.24. The number of carbonyl (C=O) groups is 2. The molecular formula is C19H11N5O5. The van der Waals surface area contributed by atoms with Crippen molar-refractivity contribution in [1.82, 2.24) is 19.9 Å². The molecule has 4 aromatic rings. The van der Waals surface area contributed by atoms with Crippen molar-refractivity contribution in [2.75, 3.05) is 5.73 Å². The van der Waals surface area contributed by atoms with E-state index in [0.29, 0.717) is 11.2 Å². The van der Waals surface area contributed by atoms with Gasteiger partial charge in [-0.1, -0.05) is 0 Å². The van der Waals surface area contributed by atoms with Crippen molar-refractivity contribution < 1.29 is 19.1 Å². The van der Waals surface area contributed by atoms with Crippen molar-refractivity contribution in [3.63, 3.8) is 0 Å². The summed E-state index contributed by atoms with van der Waals surface area (Å²) in [5.41, 5.74) is 6.56. The van der Waals surface area contributed by atoms with E-state index < -0.39 is 17.4 Å². The van der Waals surface area contributed by atoms with Gasteiger partial charge in [-0.2, -0.15) is 4.98 Å². The number of benzene rings is 1. The van der Waals surface area contributed by atoms with Gasteiger partial charge < -0.3 is 15.3 Å². The first-order valence-corrected chi connectivity index (χ1v) is 8.40. The van der Waals surface area contributed by atoms with E-state index in [2.05, 4.69) is 15.3 Å². The van der Waals surface area contributed by atoms with Crippen LogP contribution >= 0.6 is 0 Å². The van der Waals surface area contributed by atoms with Crippen molar-refractivity contribution >= 4 is 28.9 Å². The average molecular weight is 389 g/mol. The number of nitrogen functional groups attached to an aromatic ring is 1. The molecule has 10 heteroatoms. The molecular weight excluding hydrogens is 378 g/mol. The van der Waals surface area contributed by atoms with Gasteiger partial charge in [0.25, 0.3) is 17.4 Å². The number of pyridine rings is 2. The first-order chi connectivity index (χ1) is 13.9. The predicted octanol–water partition coefficient (Wildman–Crippen LogP) is 1.21. The lowest BCUT2D eigenvalue weighted by molar-refractivity contribution is 0.0880. The molecule has 4 heterocycles. The van der Waals surface area contributed by atoms with E-state index >= 15 is 0 Å². The number of aromatic hydroxyl groups is 1. The minimum Gasteiger partial charge on any atom is -0.507 e. The van der Waals surface area contributed by atoms with Crippen molar-refractivity contribution in [1.29, 1.82) is 0 Å². The number of nitrogens with zero attached hydrogens (tertiary/aromatic N) is 3. The van der Waals surface area contributed by atoms with Gasteiger partial charge in [0, 0.05) is 18.3 Å². The maximum Gasteiger partial charge on any atom is 0.262 e. The van der Waals surface area contributed by atoms with Gasteiger partial charge in [0.15, 0.2) is 11.2 Å². The fourth-order valence-corrected chi connectivity index (χ4v) is 3.27. The van der Waals surface area contributed by atoms with Gasteiger partial charge in [0.1, 0.15) is 11.6 Å². The Bertz CT molecular complexity index is 1390. The number of imide groups is 1. The number of carbonyl (C=O) groups excluding carboxylic acids is 2. The number of phenolic OH excluding ortho intramolecular Hbond substituents is 1. The van der Waals surface area contributed by atoms with Gasteiger partial charge in [-0.3, -0.25) is 24.3 Å². The van der Waals surface area contributed by atoms with Gasteiger partial charge >= 0.3 is 0 Å². The van der Waals surface area contributed by atoms with E-state index in [1.54, 1.807) is 18.3 Å². The molecule has 2 amide bonds. The SMILES string of the molecule is Nc1c2c(cc(=O)n1-c1ccc(-c3nc4ncccc4o3)c(O)c1)C(=O)NC2=O. The molecule has 142 valence electrons. The van der Waals surface area contributed by atoms with Crippen LogP contribution in [-0.2, 0) is 0 Å². The van der Waals surface area contributed by atoms with E-state index in [-0.39, 0.29) is 39.8 Å². The van der Waals surface area contributed by atoms with Gasteiger partial charge in [0.05, 0.1) is 22.4 Å². The van der Waals surface area contributed by atoms with Crippen molar-refractivity contribution in [2.24, 2.45) is 0 Å². The van der Waals surface area contributed by atoms with Crippen LogP contribution in [0.5, 0.6) is 5.75 Å². The number of hydrogen-bond acceptors (Lipinski definition) is 8. The van der Waals surface area contributed by atoms with Crippen LogP contribution in [0.25, 0.3) is 28.4 Å². The molecule has 0 spiro atoms. The maximum atomic E-state index is 12.5. The normalized spacial score (nSPS) is 13.0. The van der Waals surface area contributed by atoms with Crippen LogP contribution in [-0.4, -0.2) is 31.5 Å². The second kappa shape index (κ2) is 5.76. The number of fused-ring (bicyclic) bond motifs is 2. The highest BCUT2D eigenvalue weighted by molar-refractivity contribution is 6.23. The van der Waals surface area contributed by atoms with Crippen LogP contribution < -0.4 is 16.6 Å². The van der Waals surface area contributed by atoms with Crippen LogP contribution in [0.15, 0.2) is 51.8 Å². The molecule has 1 aliphatic heterocycles. The zero-order valence-corrected chi connectivity index (χ0v) is 14.5. The largest absolute Gasteiger partial charge is 0.507 e. The fraction of sp³-hybridized carbons (Fsp3) is 0. The van der Waals surface area contributed by atoms with Gasteiger partial charge in [0.2, 0.25) is 5.89 Å². The molecule has 10 nitrogen and oxygen atoms in total. The summed E-state index contributed by atoms with van der Waals surface area (Å²) in [6.45, 7) is 0. The molecule has 0 saturated heterocycles. The van der Waals surface area contributed by atoms with Crippen molar-refractivity contribution in [3.05, 3.63) is 64.1 Å². The maximum absolute atomic E-state index is 12.5. The Balaban J connectivity index is 1.65. The summed E-state index contributed by atoms with van der Waals surface area (Å²) in [5, 5.41) is 12.6. The molecule has 0 atom stereocenters. The molecule has 0 radical (unpaired) electrons. The number of nitrogens with one attached hydrogen (secondary N) is 1. The molecule has 0 saturated carbocycles. The number of phenols is 1. The topological polar surface area (TPSA) is 153 Å². The summed E-state index contributed by atoms with van der Waals surface area (Å²) in [5.74, 6) is -1.63. The molecule has 0 fully saturated rings. The summed E-state index contributed by atoms with van der Waals surface area (Å²) in [6.07, 6.45) is 1.57. The minimum atomic E-state index is -0.684. The predicted molar refractivity (Wildman–Crippen MR) is 101 cm³/mol. The number of amides is 2. The molecule has 1 aromatic carbocycles. The van der Waals surface area contributed by atoms with Crippen LogP contribution in [0, 0.1) is 0 Å². The second-order valence-corrected chi connectivity index (χ2v) is 6.32. The molecule has 0 unspecified atom stereocenters. The fourth-order valence-electron chi connectivity index (χ4n) is 3.27. The molecule has 29 heavy (non-hydrogen) atoms. The highest BCUT2D eigenvalue weighted by Crippen LogP contribution is 2.33. The summed E-state index contributed by atoms with van der Waals surface area (Å²) >= 11 is 0. The summed E-state index contributed by atoms with van der Waals surface area (Å²) in [4.78, 5) is 44.5. The lowest BCUT2D eigenvalue weighted by Gasteiger charge is -2.12. The molecule has 4 N–H and O–H groups in total. The van der Waals surface area contributed by atoms with E-state index in [4.69, 9.17) is 10.2 Å². The number of aromatic nitrogens is 3. The molecule has 5 rings (SSSR count). The Kier molecular flexibility index (Phi) is 3.32. The Morgan fingerprint density at radius 3 is 2.66 bits per heavy atom. The van der Waals surface area contributed by atoms with Crippen LogP contribution in [0.2, 0.25) is 0 Å². The van der Waals surface area contributed by atoms with E-state index in [1.165, 1.54) is 18.2 Å². The Morgan fingerprint density at radius 1 is 1.07 bits per heavy atom. The van der Waals surface area contributed by atoms with E-state index in [9.17, 15) is 19.5 Å². The minimum absolute atomic E-state index is 0.0754. The number of hydrogen-bond donors (Lipinski definition) is 3. The number of rotatable bonds is 2. The highest BCUT2D eigenvalue weighted by atomic mass is 16.4. The van der Waals surface area contributed by atoms with Crippen LogP contribution in [0.4, 0.5) is 5.82 Å². The van der Waals surface area contributed by atoms with Crippen LogP contribution in [0.1, 0.15) is 20.7 Å². The highest BCUT2D eigenvalue weighted by Gasteiger charge is 2.32. The van der Waals surface area contributed by atoms with E-state index in [0.717, 1.165) is 10.6 Å². The lowest BCUT2D eigenvalue weighted by atomic mass is 10.1. The van der Waals surface area contributed by atoms with E-state index in [1.807, 2.05) is 0 Å². The number of nitrogens with two attached hydrogens (primary N) is 1. The smallest absolute Gasteiger partial charge is 0.262 e. The molecule has 0 bridgehead atoms. The summed E-state index contributed by atoms with van der Waals surface area (Å²) in [7, 11) is 0. The van der Waals surface area contributed by atoms with Crippen molar-refractivity contribution in [2.45, 2.75) is 0 Å². The van der Waals surface area contributed by atoms with Crippen LogP contribution in [0.3, 0.4) is 0 Å². The Morgan fingerprint density at radius 2 is 1.90 bits per heavy atom. The van der Waals surface area contributed by atoms with Gasteiger partial charge in [-0.25, -0.2) is 4.98 Å². The third-order valence-electron chi connectivity index (χ3n) is 4.59. The zero-order chi connectivity index (χ0) is 20.3. The molecule has 1 aliphatic rings. The zero-order valence-electron chi connectivity index (χ0n) is 14.5. The average Bonchev–Trinajstić information content (AvgIpc) is 3.22. The standard InChI is InChI=1S/C19H11N5O5/c20-15-14-10(17(27)23-18(14)28)7-13(26)24(15)8-3-4-9(11(25)6-8)19-22-16-12(29-19)2-1-5-21-16/h1-7,25H,20H2,(H,23,27,28). The third kappa shape index (κ3) is 2.39. The molecule has 3 aromatic heterocycles. The Hall–Kier alpha value is -4.47. The third-order valence-corrected chi connectivity index (χ3v) is 4.59. The quantitative estimate of drug-likeness (QED) is 0.432. The van der Waals surface area contributed by atoms with Gasteiger partial charge in [-0.05, 0) is 24.3 Å². The number of anilines is 1. The first-order valence-electron chi connectivity index (χ1n) is 8.40. The monoisotopic (exact) mass is 389 g/mol. The number of oxazole rings is 1. The Labute approximate surface area is 161 Å². The van der Waals surface area contributed by atoms with Gasteiger partial charge in [-0.15, -0.1) is 0 Å². The molecule has 0 aliphatic carbocycles. The second-order valence-electron chi connectivity index (χ2n) is 6.32. The summed E-state index contributed by atoms with van der Waals surface area (Å²) < 4.78 is 6.63. The van der Waals surface area contributed by atoms with Crippen molar-refractivity contribution in [3.8, 4) is 22.9 Å². The first kappa shape index (κ1) is 16.7.